The fourth-order valence-electron chi connectivity index (χ4n) is 4.16. The minimum absolute atomic E-state index is 0. The van der Waals surface area contributed by atoms with Crippen molar-refractivity contribution in [1.82, 2.24) is 9.88 Å². The Morgan fingerprint density at radius 3 is 2.66 bits per heavy atom. The lowest BCUT2D eigenvalue weighted by Crippen LogP contribution is -2.39. The zero-order valence-electron chi connectivity index (χ0n) is 20.3. The van der Waals surface area contributed by atoms with Crippen molar-refractivity contribution >= 4 is 68.4 Å². The fourth-order valence-corrected chi connectivity index (χ4v) is 6.20. The van der Waals surface area contributed by atoms with Crippen LogP contribution in [0.2, 0.25) is 5.02 Å². The number of thioether (sulfide) groups is 1. The number of aromatic nitrogens is 1. The van der Waals surface area contributed by atoms with Gasteiger partial charge in [-0.1, -0.05) is 29.0 Å². The number of amides is 1. The summed E-state index contributed by atoms with van der Waals surface area (Å²) < 4.78 is 6.63. The lowest BCUT2D eigenvalue weighted by atomic mass is 10.1. The number of benzene rings is 2. The molecular formula is C26H33Cl2N3O2S2. The Labute approximate surface area is 227 Å². The molecule has 3 aromatic rings. The van der Waals surface area contributed by atoms with E-state index >= 15 is 0 Å². The zero-order valence-corrected chi connectivity index (χ0v) is 23.5. The van der Waals surface area contributed by atoms with Crippen molar-refractivity contribution < 1.29 is 9.53 Å². The molecule has 190 valence electrons. The van der Waals surface area contributed by atoms with Gasteiger partial charge in [0.05, 0.1) is 23.4 Å². The molecule has 4 rings (SSSR count). The van der Waals surface area contributed by atoms with Gasteiger partial charge >= 0.3 is 0 Å². The number of halogens is 2. The van der Waals surface area contributed by atoms with Gasteiger partial charge in [-0.15, -0.1) is 24.2 Å². The molecule has 0 spiro atoms. The quantitative estimate of drug-likeness (QED) is 0.208. The van der Waals surface area contributed by atoms with Crippen molar-refractivity contribution in [2.75, 3.05) is 50.0 Å². The Balaban J connectivity index is 0.00000342. The molecule has 0 atom stereocenters. The van der Waals surface area contributed by atoms with E-state index in [0.29, 0.717) is 13.0 Å². The minimum Gasteiger partial charge on any atom is -0.379 e. The van der Waals surface area contributed by atoms with Crippen molar-refractivity contribution in [3.8, 4) is 0 Å². The lowest BCUT2D eigenvalue weighted by Gasteiger charge is -2.27. The smallest absolute Gasteiger partial charge is 0.228 e. The second kappa shape index (κ2) is 13.8. The number of morpholine rings is 1. The first-order chi connectivity index (χ1) is 16.5. The van der Waals surface area contributed by atoms with Crippen LogP contribution in [-0.4, -0.2) is 60.9 Å². The highest BCUT2D eigenvalue weighted by molar-refractivity contribution is 7.99. The molecule has 0 N–H and O–H groups in total. The number of anilines is 1. The van der Waals surface area contributed by atoms with Crippen LogP contribution in [0.3, 0.4) is 0 Å². The molecule has 0 radical (unpaired) electrons. The van der Waals surface area contributed by atoms with E-state index in [9.17, 15) is 4.79 Å². The first-order valence-electron chi connectivity index (χ1n) is 11.9. The molecule has 5 nitrogen and oxygen atoms in total. The van der Waals surface area contributed by atoms with E-state index in [0.717, 1.165) is 67.1 Å². The Bertz CT molecular complexity index is 1100. The number of hydrogen-bond donors (Lipinski definition) is 0. The summed E-state index contributed by atoms with van der Waals surface area (Å²) in [7, 11) is 0. The van der Waals surface area contributed by atoms with E-state index in [1.54, 1.807) is 23.1 Å². The number of nitrogens with zero attached hydrogens (tertiary/aromatic N) is 3. The zero-order chi connectivity index (χ0) is 23.9. The summed E-state index contributed by atoms with van der Waals surface area (Å²) in [6, 6.07) is 12.2. The average molecular weight is 555 g/mol. The summed E-state index contributed by atoms with van der Waals surface area (Å²) in [5.41, 5.74) is 3.41. The van der Waals surface area contributed by atoms with Crippen LogP contribution in [0.1, 0.15) is 30.4 Å². The Morgan fingerprint density at radius 2 is 1.91 bits per heavy atom. The normalized spacial score (nSPS) is 14.1. The Morgan fingerprint density at radius 1 is 1.17 bits per heavy atom. The largest absolute Gasteiger partial charge is 0.379 e. The third-order valence-electron chi connectivity index (χ3n) is 5.92. The molecule has 0 bridgehead atoms. The molecule has 1 amide bonds. The topological polar surface area (TPSA) is 45.7 Å². The highest BCUT2D eigenvalue weighted by Crippen LogP contribution is 2.33. The summed E-state index contributed by atoms with van der Waals surface area (Å²) in [5.74, 6) is 1.06. The number of ether oxygens (including phenoxy) is 1. The van der Waals surface area contributed by atoms with E-state index < -0.39 is 0 Å². The van der Waals surface area contributed by atoms with Crippen LogP contribution < -0.4 is 4.90 Å². The predicted octanol–water partition coefficient (Wildman–Crippen LogP) is 6.62. The molecule has 0 aliphatic carbocycles. The molecule has 0 unspecified atom stereocenters. The average Bonchev–Trinajstić information content (AvgIpc) is 3.25. The molecule has 2 aromatic carbocycles. The van der Waals surface area contributed by atoms with Gasteiger partial charge in [-0.05, 0) is 73.9 Å². The number of rotatable bonds is 10. The molecule has 1 aromatic heterocycles. The van der Waals surface area contributed by atoms with Crippen molar-refractivity contribution in [3.05, 3.63) is 52.5 Å². The summed E-state index contributed by atoms with van der Waals surface area (Å²) >= 11 is 9.37. The standard InChI is InChI=1S/C26H32ClN3O2S2.ClH/c1-19-17-20(2)25-23(18-19)28-26(34-25)30(11-4-10-29-12-14-32-15-13-29)24(31)5-3-16-33-22-8-6-21(27)7-9-22;/h6-9,17-18H,3-5,10-16H2,1-2H3;1H. The Kier molecular flexibility index (Phi) is 11.1. The molecule has 1 fully saturated rings. The van der Waals surface area contributed by atoms with Crippen LogP contribution in [0.15, 0.2) is 41.3 Å². The van der Waals surface area contributed by atoms with Gasteiger partial charge in [-0.3, -0.25) is 14.6 Å². The van der Waals surface area contributed by atoms with E-state index in [1.165, 1.54) is 20.7 Å². The summed E-state index contributed by atoms with van der Waals surface area (Å²) in [5, 5.41) is 1.56. The van der Waals surface area contributed by atoms with Crippen LogP contribution in [0.4, 0.5) is 5.13 Å². The van der Waals surface area contributed by atoms with Gasteiger partial charge in [0.1, 0.15) is 0 Å². The Hall–Kier alpha value is -1.35. The maximum Gasteiger partial charge on any atom is 0.228 e. The molecule has 2 heterocycles. The van der Waals surface area contributed by atoms with Crippen LogP contribution in [-0.2, 0) is 9.53 Å². The van der Waals surface area contributed by atoms with Crippen molar-refractivity contribution in [1.29, 1.82) is 0 Å². The number of thiazole rings is 1. The predicted molar refractivity (Wildman–Crippen MR) is 152 cm³/mol. The number of hydrogen-bond acceptors (Lipinski definition) is 6. The van der Waals surface area contributed by atoms with Gasteiger partial charge < -0.3 is 4.74 Å². The number of carbonyl (C=O) groups is 1. The highest BCUT2D eigenvalue weighted by Gasteiger charge is 2.21. The summed E-state index contributed by atoms with van der Waals surface area (Å²) in [6.07, 6.45) is 2.28. The first kappa shape index (κ1) is 28.2. The van der Waals surface area contributed by atoms with Crippen LogP contribution in [0.5, 0.6) is 0 Å². The number of aryl methyl sites for hydroxylation is 2. The lowest BCUT2D eigenvalue weighted by molar-refractivity contribution is -0.118. The molecule has 9 heteroatoms. The molecule has 1 aliphatic heterocycles. The molecule has 1 saturated heterocycles. The third kappa shape index (κ3) is 8.07. The maximum absolute atomic E-state index is 13.3. The second-order valence-electron chi connectivity index (χ2n) is 8.69. The van der Waals surface area contributed by atoms with Crippen molar-refractivity contribution in [2.24, 2.45) is 0 Å². The van der Waals surface area contributed by atoms with E-state index in [4.69, 9.17) is 21.3 Å². The van der Waals surface area contributed by atoms with E-state index in [2.05, 4.69) is 30.9 Å². The van der Waals surface area contributed by atoms with Gasteiger partial charge in [0.2, 0.25) is 5.91 Å². The maximum atomic E-state index is 13.3. The van der Waals surface area contributed by atoms with Gasteiger partial charge in [0.15, 0.2) is 5.13 Å². The van der Waals surface area contributed by atoms with Gasteiger partial charge in [-0.25, -0.2) is 4.98 Å². The van der Waals surface area contributed by atoms with Crippen LogP contribution in [0, 0.1) is 13.8 Å². The van der Waals surface area contributed by atoms with Crippen LogP contribution in [0.25, 0.3) is 10.2 Å². The van der Waals surface area contributed by atoms with Crippen molar-refractivity contribution in [2.45, 2.75) is 38.0 Å². The number of carbonyl (C=O) groups excluding carboxylic acids is 1. The fraction of sp³-hybridized carbons (Fsp3) is 0.462. The van der Waals surface area contributed by atoms with E-state index in [1.807, 2.05) is 29.2 Å². The van der Waals surface area contributed by atoms with E-state index in [-0.39, 0.29) is 18.3 Å². The van der Waals surface area contributed by atoms with Crippen molar-refractivity contribution in [3.63, 3.8) is 0 Å². The monoisotopic (exact) mass is 553 g/mol. The molecule has 0 saturated carbocycles. The van der Waals surface area contributed by atoms with Gasteiger partial charge in [0, 0.05) is 42.5 Å². The van der Waals surface area contributed by atoms with Gasteiger partial charge in [-0.2, -0.15) is 0 Å². The molecule has 35 heavy (non-hydrogen) atoms. The summed E-state index contributed by atoms with van der Waals surface area (Å²) in [4.78, 5) is 23.7. The van der Waals surface area contributed by atoms with Crippen LogP contribution >= 0.6 is 47.1 Å². The first-order valence-corrected chi connectivity index (χ1v) is 14.0. The highest BCUT2D eigenvalue weighted by atomic mass is 35.5. The molecule has 1 aliphatic rings. The second-order valence-corrected chi connectivity index (χ2v) is 11.3. The summed E-state index contributed by atoms with van der Waals surface area (Å²) in [6.45, 7) is 9.41. The van der Waals surface area contributed by atoms with Gasteiger partial charge in [0.25, 0.3) is 0 Å². The minimum atomic E-state index is 0. The molecular weight excluding hydrogens is 521 g/mol. The number of fused-ring (bicyclic) bond motifs is 1. The third-order valence-corrected chi connectivity index (χ3v) is 8.50. The SMILES string of the molecule is Cc1cc(C)c2sc(N(CCCN3CCOCC3)C(=O)CCCSc3ccc(Cl)cc3)nc2c1.Cl.